The second-order valence-corrected chi connectivity index (χ2v) is 10.9. The molecule has 12 heteroatoms. The summed E-state index contributed by atoms with van der Waals surface area (Å²) >= 11 is 2.15. The maximum absolute atomic E-state index is 13.5. The number of benzene rings is 1. The van der Waals surface area contributed by atoms with Crippen molar-refractivity contribution in [1.82, 2.24) is 20.9 Å². The quantitative estimate of drug-likeness (QED) is 0.155. The van der Waals surface area contributed by atoms with Crippen molar-refractivity contribution in [2.75, 3.05) is 26.2 Å². The minimum atomic E-state index is -1.25. The van der Waals surface area contributed by atoms with Crippen LogP contribution in [0, 0.1) is 0 Å². The highest BCUT2D eigenvalue weighted by Gasteiger charge is 2.42. The van der Waals surface area contributed by atoms with E-state index < -0.39 is 41.7 Å². The molecule has 2 heterocycles. The van der Waals surface area contributed by atoms with Crippen LogP contribution in [0.1, 0.15) is 24.8 Å². The smallest absolute Gasteiger partial charge is 0.290 e. The Morgan fingerprint density at radius 3 is 2.78 bits per heavy atom. The van der Waals surface area contributed by atoms with Crippen LogP contribution in [-0.2, 0) is 35.1 Å². The number of nitrogens with zero attached hydrogens (tertiary/aromatic N) is 1. The van der Waals surface area contributed by atoms with E-state index in [-0.39, 0.29) is 42.5 Å². The number of amides is 4. The number of halogens is 1. The highest BCUT2D eigenvalue weighted by molar-refractivity contribution is 14.1. The molecule has 3 N–H and O–H groups in total. The van der Waals surface area contributed by atoms with Gasteiger partial charge >= 0.3 is 0 Å². The molecule has 41 heavy (non-hydrogen) atoms. The van der Waals surface area contributed by atoms with Gasteiger partial charge in [-0.1, -0.05) is 59.0 Å². The zero-order valence-electron chi connectivity index (χ0n) is 22.7. The van der Waals surface area contributed by atoms with Gasteiger partial charge in [0.2, 0.25) is 23.5 Å². The summed E-state index contributed by atoms with van der Waals surface area (Å²) in [5.74, 6) is -2.54. The fourth-order valence-electron chi connectivity index (χ4n) is 4.39. The number of ether oxygens (including phenoxy) is 2. The number of carbonyl (C=O) groups is 5. The van der Waals surface area contributed by atoms with Gasteiger partial charge in [0.1, 0.15) is 21.9 Å². The van der Waals surface area contributed by atoms with E-state index in [2.05, 4.69) is 51.7 Å². The van der Waals surface area contributed by atoms with Gasteiger partial charge in [-0.15, -0.1) is 13.2 Å². The molecule has 2 aliphatic rings. The number of fused-ring (bicyclic) bond motifs is 4. The van der Waals surface area contributed by atoms with Crippen LogP contribution in [0.5, 0.6) is 5.75 Å². The Labute approximate surface area is 252 Å². The number of carbonyl (C=O) groups excluding carboxylic acids is 5. The van der Waals surface area contributed by atoms with Crippen molar-refractivity contribution in [2.45, 2.75) is 48.0 Å². The molecule has 4 bridgehead atoms. The average Bonchev–Trinajstić information content (AvgIpc) is 3.37. The molecular formula is C29H35IN4O7. The third-order valence-corrected chi connectivity index (χ3v) is 7.30. The largest absolute Gasteiger partial charge is 0.493 e. The Balaban J connectivity index is 1.78. The number of ketones is 1. The second kappa shape index (κ2) is 16.1. The summed E-state index contributed by atoms with van der Waals surface area (Å²) in [5, 5.41) is 7.65. The first-order valence-electron chi connectivity index (χ1n) is 13.3. The second-order valence-electron chi connectivity index (χ2n) is 9.51. The van der Waals surface area contributed by atoms with E-state index in [1.165, 1.54) is 17.1 Å². The third kappa shape index (κ3) is 9.81. The minimum absolute atomic E-state index is 0.0593. The van der Waals surface area contributed by atoms with Crippen molar-refractivity contribution < 1.29 is 33.4 Å². The average molecular weight is 679 g/mol. The molecule has 1 saturated heterocycles. The molecular weight excluding hydrogens is 643 g/mol. The predicted molar refractivity (Wildman–Crippen MR) is 160 cm³/mol. The lowest BCUT2D eigenvalue weighted by Crippen LogP contribution is -2.53. The highest BCUT2D eigenvalue weighted by Crippen LogP contribution is 2.25. The molecule has 2 aliphatic heterocycles. The molecule has 0 aliphatic carbocycles. The molecule has 1 aromatic carbocycles. The molecule has 4 atom stereocenters. The maximum atomic E-state index is 13.5. The van der Waals surface area contributed by atoms with E-state index in [0.29, 0.717) is 25.2 Å². The normalized spacial score (nSPS) is 22.3. The Morgan fingerprint density at radius 1 is 1.22 bits per heavy atom. The van der Waals surface area contributed by atoms with Crippen molar-refractivity contribution in [3.8, 4) is 5.75 Å². The summed E-state index contributed by atoms with van der Waals surface area (Å²) < 4.78 is 11.7. The Bertz CT molecular complexity index is 1190. The first-order chi connectivity index (χ1) is 19.7. The zero-order chi connectivity index (χ0) is 29.8. The van der Waals surface area contributed by atoms with Crippen molar-refractivity contribution in [3.05, 3.63) is 67.3 Å². The first kappa shape index (κ1) is 32.0. The van der Waals surface area contributed by atoms with Gasteiger partial charge in [-0.25, -0.2) is 0 Å². The van der Waals surface area contributed by atoms with Crippen LogP contribution >= 0.6 is 22.6 Å². The Hall–Kier alpha value is -3.52. The summed E-state index contributed by atoms with van der Waals surface area (Å²) in [6, 6.07) is 4.95. The van der Waals surface area contributed by atoms with Crippen LogP contribution in [0.25, 0.3) is 0 Å². The van der Waals surface area contributed by atoms with Crippen LogP contribution in [-0.4, -0.2) is 82.9 Å². The lowest BCUT2D eigenvalue weighted by Gasteiger charge is -2.25. The van der Waals surface area contributed by atoms with E-state index in [0.717, 1.165) is 5.56 Å². The number of rotatable bonds is 9. The number of hydrogen-bond donors (Lipinski definition) is 3. The lowest BCUT2D eigenvalue weighted by atomic mass is 10.1. The van der Waals surface area contributed by atoms with E-state index in [4.69, 9.17) is 9.47 Å². The molecule has 11 nitrogen and oxygen atoms in total. The molecule has 0 spiro atoms. The number of alkyl halides is 1. The first-order valence-corrected chi connectivity index (χ1v) is 14.5. The van der Waals surface area contributed by atoms with Crippen LogP contribution in [0.4, 0.5) is 0 Å². The summed E-state index contributed by atoms with van der Waals surface area (Å²) in [5.41, 5.74) is 0.734. The van der Waals surface area contributed by atoms with Crippen LogP contribution in [0.15, 0.2) is 61.7 Å². The van der Waals surface area contributed by atoms with E-state index in [9.17, 15) is 24.0 Å². The number of allylic oxidation sites excluding steroid dienone is 2. The topological polar surface area (TPSA) is 143 Å². The summed E-state index contributed by atoms with van der Waals surface area (Å²) in [6.07, 6.45) is 6.80. The molecule has 3 rings (SSSR count). The highest BCUT2D eigenvalue weighted by atomic mass is 127. The maximum Gasteiger partial charge on any atom is 0.290 e. The number of hydrogen-bond acceptors (Lipinski definition) is 7. The fraction of sp³-hybridized carbons (Fsp3) is 0.414. The predicted octanol–water partition coefficient (Wildman–Crippen LogP) is 1.36. The zero-order valence-corrected chi connectivity index (χ0v) is 24.8. The van der Waals surface area contributed by atoms with Gasteiger partial charge in [0.25, 0.3) is 5.91 Å². The summed E-state index contributed by atoms with van der Waals surface area (Å²) in [4.78, 5) is 65.8. The standard InChI is InChI=1S/C29H35IN4O7/c1-3-5-6-10-22(27(37)29(39)31-12-4-2)33-28(38)23-16-21-18-34(23)26(36)17-32-25(35)15-19-8-7-9-20(14-19)40-13-11-24(30)41-21/h3-4,6-10,14,21-24H,1-2,5,11-13,15-18H2,(H,31,39)(H,32,35)(H,33,38)/b10-6+/t21-,22?,23+,24+/m1/s1. The van der Waals surface area contributed by atoms with E-state index >= 15 is 0 Å². The summed E-state index contributed by atoms with van der Waals surface area (Å²) in [6.45, 7) is 7.40. The van der Waals surface area contributed by atoms with Gasteiger partial charge in [-0.2, -0.15) is 0 Å². The molecule has 1 fully saturated rings. The SMILES string of the molecule is C=CC/C=C/C(NC(=O)[C@@H]1C[C@@H]2CN1C(=O)CNC(=O)Cc1cccc(c1)OCC[C@@H](I)O2)C(=O)C(=O)NCC=C. The van der Waals surface area contributed by atoms with Gasteiger partial charge in [0, 0.05) is 25.9 Å². The molecule has 1 aromatic rings. The Kier molecular flexibility index (Phi) is 12.5. The van der Waals surface area contributed by atoms with E-state index in [1.807, 2.05) is 6.07 Å². The molecule has 220 valence electrons. The van der Waals surface area contributed by atoms with Gasteiger partial charge in [0.05, 0.1) is 25.7 Å². The molecule has 0 saturated carbocycles. The van der Waals surface area contributed by atoms with Crippen LogP contribution in [0.3, 0.4) is 0 Å². The van der Waals surface area contributed by atoms with Gasteiger partial charge < -0.3 is 30.3 Å². The molecule has 0 aromatic heterocycles. The lowest BCUT2D eigenvalue weighted by molar-refractivity contribution is -0.141. The Morgan fingerprint density at radius 2 is 2.02 bits per heavy atom. The van der Waals surface area contributed by atoms with Crippen LogP contribution < -0.4 is 20.7 Å². The van der Waals surface area contributed by atoms with Gasteiger partial charge in [-0.05, 0) is 24.1 Å². The molecule has 4 amide bonds. The van der Waals surface area contributed by atoms with Crippen molar-refractivity contribution in [1.29, 1.82) is 0 Å². The van der Waals surface area contributed by atoms with Crippen molar-refractivity contribution in [2.24, 2.45) is 0 Å². The fourth-order valence-corrected chi connectivity index (χ4v) is 5.06. The monoisotopic (exact) mass is 678 g/mol. The molecule has 0 radical (unpaired) electrons. The van der Waals surface area contributed by atoms with E-state index in [1.54, 1.807) is 30.4 Å². The van der Waals surface area contributed by atoms with Crippen LogP contribution in [0.2, 0.25) is 0 Å². The number of Topliss-reactive ketones (excluding diaryl/α,β-unsaturated/α-hetero) is 1. The van der Waals surface area contributed by atoms with Crippen molar-refractivity contribution >= 4 is 52.0 Å². The van der Waals surface area contributed by atoms with Gasteiger partial charge in [0.15, 0.2) is 0 Å². The van der Waals surface area contributed by atoms with Crippen molar-refractivity contribution in [3.63, 3.8) is 0 Å². The minimum Gasteiger partial charge on any atom is -0.493 e. The molecule has 1 unspecified atom stereocenters. The third-order valence-electron chi connectivity index (χ3n) is 6.38. The number of nitrogens with one attached hydrogen (secondary N) is 3. The van der Waals surface area contributed by atoms with Gasteiger partial charge in [-0.3, -0.25) is 24.0 Å². The summed E-state index contributed by atoms with van der Waals surface area (Å²) in [7, 11) is 0.